The fourth-order valence-corrected chi connectivity index (χ4v) is 1.18. The Morgan fingerprint density at radius 2 is 1.94 bits per heavy atom. The molecule has 0 aromatic heterocycles. The van der Waals surface area contributed by atoms with E-state index in [9.17, 15) is 22.4 Å². The van der Waals surface area contributed by atoms with Crippen LogP contribution in [0.2, 0.25) is 5.02 Å². The van der Waals surface area contributed by atoms with Crippen molar-refractivity contribution in [2.75, 3.05) is 11.9 Å². The lowest BCUT2D eigenvalue weighted by molar-refractivity contribution is -0.170. The van der Waals surface area contributed by atoms with Crippen molar-refractivity contribution in [3.63, 3.8) is 0 Å². The number of hydrogen-bond donors (Lipinski definition) is 0. The Morgan fingerprint density at radius 3 is 2.38 bits per heavy atom. The van der Waals surface area contributed by atoms with E-state index in [-0.39, 0.29) is 10.7 Å². The first-order chi connectivity index (χ1) is 7.23. The van der Waals surface area contributed by atoms with Gasteiger partial charge in [0.15, 0.2) is 0 Å². The second-order valence-corrected chi connectivity index (χ2v) is 3.37. The molecule has 0 fully saturated rings. The van der Waals surface area contributed by atoms with Crippen LogP contribution >= 0.6 is 11.6 Å². The molecule has 2 nitrogen and oxygen atoms in total. The standard InChI is InChI=1S/C9H6ClF4NO/c1-15(8(16)9(12,13)14)5-2-3-7(11)6(10)4-5/h2-4H,1H3. The monoisotopic (exact) mass is 255 g/mol. The number of amides is 1. The van der Waals surface area contributed by atoms with E-state index in [1.165, 1.54) is 0 Å². The van der Waals surface area contributed by atoms with Crippen LogP contribution in [0.25, 0.3) is 0 Å². The van der Waals surface area contributed by atoms with Crippen molar-refractivity contribution in [2.24, 2.45) is 0 Å². The van der Waals surface area contributed by atoms with E-state index in [1.54, 1.807) is 0 Å². The molecule has 0 unspecified atom stereocenters. The molecular weight excluding hydrogens is 250 g/mol. The van der Waals surface area contributed by atoms with Crippen LogP contribution in [0.15, 0.2) is 18.2 Å². The van der Waals surface area contributed by atoms with Gasteiger partial charge in [0, 0.05) is 12.7 Å². The van der Waals surface area contributed by atoms with E-state index in [4.69, 9.17) is 11.6 Å². The number of halogens is 5. The minimum Gasteiger partial charge on any atom is -0.308 e. The van der Waals surface area contributed by atoms with Crippen LogP contribution in [-0.2, 0) is 4.79 Å². The van der Waals surface area contributed by atoms with Crippen LogP contribution in [0, 0.1) is 5.82 Å². The van der Waals surface area contributed by atoms with Crippen molar-refractivity contribution in [3.8, 4) is 0 Å². The van der Waals surface area contributed by atoms with Crippen LogP contribution in [0.5, 0.6) is 0 Å². The molecule has 1 rings (SSSR count). The molecule has 0 bridgehead atoms. The molecule has 0 radical (unpaired) electrons. The number of nitrogens with zero attached hydrogens (tertiary/aromatic N) is 1. The van der Waals surface area contributed by atoms with Crippen molar-refractivity contribution in [3.05, 3.63) is 29.0 Å². The van der Waals surface area contributed by atoms with Crippen LogP contribution in [0.1, 0.15) is 0 Å². The smallest absolute Gasteiger partial charge is 0.308 e. The first kappa shape index (κ1) is 12.8. The van der Waals surface area contributed by atoms with E-state index in [1.807, 2.05) is 0 Å². The summed E-state index contributed by atoms with van der Waals surface area (Å²) in [6.07, 6.45) is -4.98. The Bertz CT molecular complexity index is 418. The molecule has 1 aromatic carbocycles. The third kappa shape index (κ3) is 2.63. The summed E-state index contributed by atoms with van der Waals surface area (Å²) in [7, 11) is 0.930. The van der Waals surface area contributed by atoms with Gasteiger partial charge in [0.25, 0.3) is 0 Å². The molecule has 0 N–H and O–H groups in total. The number of hydrogen-bond acceptors (Lipinski definition) is 1. The van der Waals surface area contributed by atoms with E-state index >= 15 is 0 Å². The normalized spacial score (nSPS) is 11.4. The summed E-state index contributed by atoms with van der Waals surface area (Å²) < 4.78 is 48.9. The predicted octanol–water partition coefficient (Wildman–Crippen LogP) is 3.00. The highest BCUT2D eigenvalue weighted by molar-refractivity contribution is 6.31. The average Bonchev–Trinajstić information content (AvgIpc) is 2.18. The molecule has 1 amide bonds. The summed E-state index contributed by atoms with van der Waals surface area (Å²) in [5, 5.41) is -0.348. The largest absolute Gasteiger partial charge is 0.471 e. The molecule has 1 aromatic rings. The van der Waals surface area contributed by atoms with Crippen molar-refractivity contribution in [1.29, 1.82) is 0 Å². The first-order valence-electron chi connectivity index (χ1n) is 4.03. The van der Waals surface area contributed by atoms with Crippen molar-refractivity contribution in [2.45, 2.75) is 6.18 Å². The first-order valence-corrected chi connectivity index (χ1v) is 4.41. The van der Waals surface area contributed by atoms with Gasteiger partial charge in [-0.3, -0.25) is 4.79 Å². The van der Waals surface area contributed by atoms with E-state index < -0.39 is 17.9 Å². The minimum absolute atomic E-state index is 0.131. The Hall–Kier alpha value is -1.30. The van der Waals surface area contributed by atoms with Gasteiger partial charge in [0.1, 0.15) is 5.82 Å². The van der Waals surface area contributed by atoms with Crippen LogP contribution in [-0.4, -0.2) is 19.1 Å². The highest BCUT2D eigenvalue weighted by atomic mass is 35.5. The number of carbonyl (C=O) groups is 1. The van der Waals surface area contributed by atoms with Gasteiger partial charge in [-0.15, -0.1) is 0 Å². The number of carbonyl (C=O) groups excluding carboxylic acids is 1. The van der Waals surface area contributed by atoms with Crippen molar-refractivity contribution in [1.82, 2.24) is 0 Å². The number of anilines is 1. The summed E-state index contributed by atoms with van der Waals surface area (Å²) in [4.78, 5) is 11.2. The SMILES string of the molecule is CN(C(=O)C(F)(F)F)c1ccc(F)c(Cl)c1. The molecule has 88 valence electrons. The fourth-order valence-electron chi connectivity index (χ4n) is 1.00. The quantitative estimate of drug-likeness (QED) is 0.707. The second kappa shape index (κ2) is 4.29. The second-order valence-electron chi connectivity index (χ2n) is 2.96. The molecule has 0 saturated carbocycles. The molecule has 0 spiro atoms. The van der Waals surface area contributed by atoms with Gasteiger partial charge < -0.3 is 4.90 Å². The van der Waals surface area contributed by atoms with Gasteiger partial charge in [-0.2, -0.15) is 13.2 Å². The third-order valence-corrected chi connectivity index (χ3v) is 2.13. The molecule has 7 heteroatoms. The Labute approximate surface area is 93.4 Å². The lowest BCUT2D eigenvalue weighted by Gasteiger charge is -2.18. The zero-order valence-corrected chi connectivity index (χ0v) is 8.73. The average molecular weight is 256 g/mol. The van der Waals surface area contributed by atoms with E-state index in [2.05, 4.69) is 0 Å². The van der Waals surface area contributed by atoms with Gasteiger partial charge in [-0.1, -0.05) is 11.6 Å². The summed E-state index contributed by atoms with van der Waals surface area (Å²) in [6, 6.07) is 2.86. The highest BCUT2D eigenvalue weighted by Crippen LogP contribution is 2.25. The molecule has 0 aliphatic carbocycles. The van der Waals surface area contributed by atoms with E-state index in [0.717, 1.165) is 25.2 Å². The van der Waals surface area contributed by atoms with Crippen LogP contribution < -0.4 is 4.90 Å². The number of alkyl halides is 3. The van der Waals surface area contributed by atoms with E-state index in [0.29, 0.717) is 4.90 Å². The highest BCUT2D eigenvalue weighted by Gasteiger charge is 2.41. The summed E-state index contributed by atoms with van der Waals surface area (Å²) in [5.41, 5.74) is -0.131. The predicted molar refractivity (Wildman–Crippen MR) is 50.9 cm³/mol. The van der Waals surface area contributed by atoms with Crippen molar-refractivity contribution < 1.29 is 22.4 Å². The maximum absolute atomic E-state index is 12.7. The molecular formula is C9H6ClF4NO. The Kier molecular flexibility index (Phi) is 3.42. The summed E-state index contributed by atoms with van der Waals surface area (Å²) >= 11 is 5.38. The molecule has 0 atom stereocenters. The topological polar surface area (TPSA) is 20.3 Å². The number of benzene rings is 1. The summed E-state index contributed by atoms with van der Waals surface area (Å²) in [5.74, 6) is -2.81. The lowest BCUT2D eigenvalue weighted by Crippen LogP contribution is -2.38. The van der Waals surface area contributed by atoms with Gasteiger partial charge >= 0.3 is 12.1 Å². The Balaban J connectivity index is 3.01. The van der Waals surface area contributed by atoms with Crippen LogP contribution in [0.3, 0.4) is 0 Å². The Morgan fingerprint density at radius 1 is 1.38 bits per heavy atom. The maximum Gasteiger partial charge on any atom is 0.471 e. The lowest BCUT2D eigenvalue weighted by atomic mass is 10.3. The zero-order chi connectivity index (χ0) is 12.5. The molecule has 0 aliphatic rings. The molecule has 0 aliphatic heterocycles. The molecule has 0 saturated heterocycles. The minimum atomic E-state index is -4.98. The van der Waals surface area contributed by atoms with Gasteiger partial charge in [-0.05, 0) is 18.2 Å². The zero-order valence-electron chi connectivity index (χ0n) is 7.98. The molecule has 16 heavy (non-hydrogen) atoms. The van der Waals surface area contributed by atoms with Gasteiger partial charge in [0.05, 0.1) is 5.02 Å². The van der Waals surface area contributed by atoms with Gasteiger partial charge in [-0.25, -0.2) is 4.39 Å². The van der Waals surface area contributed by atoms with Gasteiger partial charge in [0.2, 0.25) is 0 Å². The van der Waals surface area contributed by atoms with Crippen LogP contribution in [0.4, 0.5) is 23.2 Å². The van der Waals surface area contributed by atoms with Crippen molar-refractivity contribution >= 4 is 23.2 Å². The maximum atomic E-state index is 12.7. The third-order valence-electron chi connectivity index (χ3n) is 1.84. The number of rotatable bonds is 1. The summed E-state index contributed by atoms with van der Waals surface area (Å²) in [6.45, 7) is 0. The molecule has 0 heterocycles. The fraction of sp³-hybridized carbons (Fsp3) is 0.222.